The Morgan fingerprint density at radius 1 is 1.16 bits per heavy atom. The normalized spacial score (nSPS) is 12.2. The zero-order valence-electron chi connectivity index (χ0n) is 16.8. The number of esters is 1. The van der Waals surface area contributed by atoms with Gasteiger partial charge in [-0.15, -0.1) is 11.3 Å². The maximum absolute atomic E-state index is 13.4. The van der Waals surface area contributed by atoms with Crippen molar-refractivity contribution in [1.29, 1.82) is 0 Å². The highest BCUT2D eigenvalue weighted by atomic mass is 32.1. The van der Waals surface area contributed by atoms with Gasteiger partial charge in [0.1, 0.15) is 17.5 Å². The van der Waals surface area contributed by atoms with Crippen molar-refractivity contribution in [2.75, 3.05) is 12.4 Å². The van der Waals surface area contributed by atoms with E-state index < -0.39 is 28.7 Å². The van der Waals surface area contributed by atoms with Crippen LogP contribution in [0.3, 0.4) is 0 Å². The molecule has 0 aliphatic carbocycles. The van der Waals surface area contributed by atoms with Crippen molar-refractivity contribution in [2.24, 2.45) is 0 Å². The van der Waals surface area contributed by atoms with Gasteiger partial charge in [-0.3, -0.25) is 10.1 Å². The molecule has 0 saturated carbocycles. The molecule has 1 aromatic heterocycles. The Kier molecular flexibility index (Phi) is 6.68. The van der Waals surface area contributed by atoms with Gasteiger partial charge in [-0.25, -0.2) is 4.79 Å². The average molecular weight is 466 g/mol. The van der Waals surface area contributed by atoms with Gasteiger partial charge in [0.15, 0.2) is 4.88 Å². The van der Waals surface area contributed by atoms with E-state index >= 15 is 0 Å². The summed E-state index contributed by atoms with van der Waals surface area (Å²) in [6, 6.07) is 12.3. The quantitative estimate of drug-likeness (QED) is 0.248. The summed E-state index contributed by atoms with van der Waals surface area (Å²) in [6.45, 7) is 1.43. The second-order valence-electron chi connectivity index (χ2n) is 6.54. The Bertz CT molecular complexity index is 1150. The molecule has 0 aliphatic rings. The van der Waals surface area contributed by atoms with Crippen LogP contribution in [0.2, 0.25) is 0 Å². The van der Waals surface area contributed by atoms with E-state index in [9.17, 15) is 28.1 Å². The van der Waals surface area contributed by atoms with Gasteiger partial charge in [0.05, 0.1) is 22.6 Å². The van der Waals surface area contributed by atoms with E-state index in [1.807, 2.05) is 0 Å². The summed E-state index contributed by atoms with van der Waals surface area (Å²) in [4.78, 5) is 22.9. The third-order valence-corrected chi connectivity index (χ3v) is 5.45. The van der Waals surface area contributed by atoms with Gasteiger partial charge in [0.25, 0.3) is 5.69 Å². The number of carbonyl (C=O) groups excluding carboxylic acids is 1. The first-order valence-electron chi connectivity index (χ1n) is 9.17. The molecule has 0 spiro atoms. The Morgan fingerprint density at radius 3 is 2.47 bits per heavy atom. The Balaban J connectivity index is 1.95. The number of hydrogen-bond acceptors (Lipinski definition) is 7. The zero-order valence-corrected chi connectivity index (χ0v) is 17.6. The highest BCUT2D eigenvalue weighted by Crippen LogP contribution is 2.41. The molecule has 0 radical (unpaired) electrons. The predicted molar refractivity (Wildman–Crippen MR) is 113 cm³/mol. The van der Waals surface area contributed by atoms with Crippen LogP contribution in [0.1, 0.15) is 33.8 Å². The summed E-state index contributed by atoms with van der Waals surface area (Å²) in [5.74, 6) is -0.760. The standard InChI is InChI=1S/C21H17F3N2O5S/c1-12(13-7-3-4-8-14(13)21(22,23)24)31-17-11-18(32-19(17)20(27)30-2)25-15-9-5-6-10-16(15)26(28)29/h3-12,25H,1-2H3/t12-/m1/s1. The topological polar surface area (TPSA) is 90.7 Å². The van der Waals surface area contributed by atoms with Crippen molar-refractivity contribution in [2.45, 2.75) is 19.2 Å². The third-order valence-electron chi connectivity index (χ3n) is 4.44. The Labute approximate surface area is 184 Å². The number of thiophene rings is 1. The maximum atomic E-state index is 13.4. The van der Waals surface area contributed by atoms with E-state index in [1.54, 1.807) is 6.07 Å². The van der Waals surface area contributed by atoms with Gasteiger partial charge in [0.2, 0.25) is 0 Å². The van der Waals surface area contributed by atoms with Crippen LogP contribution in [0, 0.1) is 10.1 Å². The van der Waals surface area contributed by atoms with Gasteiger partial charge in [-0.2, -0.15) is 13.2 Å². The molecule has 1 N–H and O–H groups in total. The molecule has 0 amide bonds. The van der Waals surface area contributed by atoms with Crippen LogP contribution < -0.4 is 10.1 Å². The fraction of sp³-hybridized carbons (Fsp3) is 0.190. The number of rotatable bonds is 7. The molecule has 0 aliphatic heterocycles. The van der Waals surface area contributed by atoms with Crippen molar-refractivity contribution in [1.82, 2.24) is 0 Å². The van der Waals surface area contributed by atoms with Crippen LogP contribution in [0.15, 0.2) is 54.6 Å². The molecule has 3 rings (SSSR count). The Morgan fingerprint density at radius 2 is 1.81 bits per heavy atom. The number of methoxy groups -OCH3 is 1. The minimum atomic E-state index is -4.58. The zero-order chi connectivity index (χ0) is 23.5. The fourth-order valence-electron chi connectivity index (χ4n) is 2.99. The van der Waals surface area contributed by atoms with Gasteiger partial charge in [0, 0.05) is 17.7 Å². The Hall–Kier alpha value is -3.60. The van der Waals surface area contributed by atoms with E-state index in [4.69, 9.17) is 9.47 Å². The highest BCUT2D eigenvalue weighted by molar-refractivity contribution is 7.18. The largest absolute Gasteiger partial charge is 0.484 e. The van der Waals surface area contributed by atoms with E-state index in [-0.39, 0.29) is 27.6 Å². The first kappa shape index (κ1) is 23.1. The first-order valence-corrected chi connectivity index (χ1v) is 9.98. The summed E-state index contributed by atoms with van der Waals surface area (Å²) in [5.41, 5.74) is -0.955. The maximum Gasteiger partial charge on any atom is 0.416 e. The molecule has 1 atom stereocenters. The SMILES string of the molecule is COC(=O)c1sc(Nc2ccccc2[N+](=O)[O-])cc1O[C@H](C)c1ccccc1C(F)(F)F. The fourth-order valence-corrected chi connectivity index (χ4v) is 3.91. The lowest BCUT2D eigenvalue weighted by atomic mass is 10.0. The number of para-hydroxylation sites is 2. The van der Waals surface area contributed by atoms with Crippen molar-refractivity contribution < 1.29 is 32.4 Å². The summed E-state index contributed by atoms with van der Waals surface area (Å²) in [7, 11) is 1.16. The van der Waals surface area contributed by atoms with Gasteiger partial charge >= 0.3 is 12.1 Å². The number of nitro groups is 1. The van der Waals surface area contributed by atoms with Crippen LogP contribution in [-0.4, -0.2) is 18.0 Å². The highest BCUT2D eigenvalue weighted by Gasteiger charge is 2.35. The second kappa shape index (κ2) is 9.27. The van der Waals surface area contributed by atoms with E-state index in [1.165, 1.54) is 49.4 Å². The van der Waals surface area contributed by atoms with Gasteiger partial charge in [-0.05, 0) is 19.1 Å². The third kappa shape index (κ3) is 4.99. The number of halogens is 3. The molecule has 0 saturated heterocycles. The minimum absolute atomic E-state index is 0.00456. The van der Waals surface area contributed by atoms with Crippen molar-refractivity contribution in [3.63, 3.8) is 0 Å². The molecule has 3 aromatic rings. The molecule has 0 bridgehead atoms. The summed E-state index contributed by atoms with van der Waals surface area (Å²) in [6.07, 6.45) is -5.63. The molecule has 0 fully saturated rings. The number of nitrogens with one attached hydrogen (secondary N) is 1. The van der Waals surface area contributed by atoms with Crippen molar-refractivity contribution in [3.05, 3.63) is 80.7 Å². The number of carbonyl (C=O) groups is 1. The summed E-state index contributed by atoms with van der Waals surface area (Å²) < 4.78 is 50.6. The number of ether oxygens (including phenoxy) is 2. The molecule has 1 heterocycles. The van der Waals surface area contributed by atoms with Crippen LogP contribution in [-0.2, 0) is 10.9 Å². The number of anilines is 2. The van der Waals surface area contributed by atoms with E-state index in [0.29, 0.717) is 5.00 Å². The summed E-state index contributed by atoms with van der Waals surface area (Å²) in [5, 5.41) is 14.4. The van der Waals surface area contributed by atoms with E-state index in [0.717, 1.165) is 24.5 Å². The lowest BCUT2D eigenvalue weighted by molar-refractivity contribution is -0.383. The molecule has 168 valence electrons. The molecule has 0 unspecified atom stereocenters. The smallest absolute Gasteiger partial charge is 0.416 e. The number of benzene rings is 2. The molecule has 11 heteroatoms. The molecule has 32 heavy (non-hydrogen) atoms. The lowest BCUT2D eigenvalue weighted by Crippen LogP contribution is -2.14. The number of hydrogen-bond donors (Lipinski definition) is 1. The van der Waals surface area contributed by atoms with Crippen LogP contribution in [0.25, 0.3) is 0 Å². The molecular weight excluding hydrogens is 449 g/mol. The monoisotopic (exact) mass is 466 g/mol. The van der Waals surface area contributed by atoms with Crippen molar-refractivity contribution in [3.8, 4) is 5.75 Å². The summed E-state index contributed by atoms with van der Waals surface area (Å²) >= 11 is 0.899. The molecular formula is C21H17F3N2O5S. The van der Waals surface area contributed by atoms with Gasteiger partial charge < -0.3 is 14.8 Å². The minimum Gasteiger partial charge on any atom is -0.484 e. The first-order chi connectivity index (χ1) is 15.1. The van der Waals surface area contributed by atoms with Crippen molar-refractivity contribution >= 4 is 33.7 Å². The van der Waals surface area contributed by atoms with Crippen LogP contribution in [0.4, 0.5) is 29.5 Å². The molecule has 7 nitrogen and oxygen atoms in total. The number of nitrogens with zero attached hydrogens (tertiary/aromatic N) is 1. The average Bonchev–Trinajstić information content (AvgIpc) is 3.14. The van der Waals surface area contributed by atoms with E-state index in [2.05, 4.69) is 5.32 Å². The van der Waals surface area contributed by atoms with Crippen LogP contribution >= 0.6 is 11.3 Å². The predicted octanol–water partition coefficient (Wildman–Crippen LogP) is 6.35. The number of nitro benzene ring substituents is 1. The van der Waals surface area contributed by atoms with Gasteiger partial charge in [-0.1, -0.05) is 30.3 Å². The lowest BCUT2D eigenvalue weighted by Gasteiger charge is -2.19. The second-order valence-corrected chi connectivity index (χ2v) is 7.59. The number of alkyl halides is 3. The van der Waals surface area contributed by atoms with Crippen LogP contribution in [0.5, 0.6) is 5.75 Å². The molecule has 2 aromatic carbocycles.